The molecule has 4 rings (SSSR count). The maximum absolute atomic E-state index is 13.4. The summed E-state index contributed by atoms with van der Waals surface area (Å²) in [5.41, 5.74) is 1.36. The number of furan rings is 1. The van der Waals surface area contributed by atoms with Gasteiger partial charge in [-0.25, -0.2) is 9.79 Å². The molecule has 0 spiro atoms. The molecule has 0 fully saturated rings. The number of aromatic nitrogens is 1. The second-order valence-corrected chi connectivity index (χ2v) is 8.51. The number of allylic oxidation sites excluding steroid dienone is 1. The number of methoxy groups -OCH3 is 1. The number of rotatable bonds is 5. The minimum atomic E-state index is -0.660. The molecular weight excluding hydrogens is 484 g/mol. The molecule has 0 radical (unpaired) electrons. The summed E-state index contributed by atoms with van der Waals surface area (Å²) in [6.45, 7) is 3.72. The molecule has 1 aliphatic rings. The van der Waals surface area contributed by atoms with Crippen molar-refractivity contribution in [3.63, 3.8) is 0 Å². The van der Waals surface area contributed by atoms with Crippen LogP contribution >= 0.6 is 27.3 Å². The highest BCUT2D eigenvalue weighted by Gasteiger charge is 2.33. The molecule has 1 unspecified atom stereocenters. The summed E-state index contributed by atoms with van der Waals surface area (Å²) >= 11 is 4.51. The second kappa shape index (κ2) is 8.68. The van der Waals surface area contributed by atoms with Crippen LogP contribution in [0, 0.1) is 0 Å². The highest BCUT2D eigenvalue weighted by molar-refractivity contribution is 9.10. The molecule has 2 aromatic heterocycles. The number of fused-ring (bicyclic) bond motifs is 1. The zero-order valence-electron chi connectivity index (χ0n) is 17.0. The Hall–Kier alpha value is -2.91. The van der Waals surface area contributed by atoms with Crippen LogP contribution in [0.15, 0.2) is 66.5 Å². The van der Waals surface area contributed by atoms with Gasteiger partial charge in [0.05, 0.1) is 35.6 Å². The fourth-order valence-corrected chi connectivity index (χ4v) is 4.77. The second-order valence-electron chi connectivity index (χ2n) is 6.72. The van der Waals surface area contributed by atoms with E-state index < -0.39 is 12.0 Å². The van der Waals surface area contributed by atoms with Crippen molar-refractivity contribution in [1.82, 2.24) is 4.57 Å². The minimum Gasteiger partial charge on any atom is -0.497 e. The largest absolute Gasteiger partial charge is 0.497 e. The fraction of sp³-hybridized carbons (Fsp3) is 0.227. The number of benzene rings is 1. The molecule has 1 aromatic carbocycles. The summed E-state index contributed by atoms with van der Waals surface area (Å²) < 4.78 is 18.6. The zero-order chi connectivity index (χ0) is 22.1. The Morgan fingerprint density at radius 3 is 2.65 bits per heavy atom. The first-order chi connectivity index (χ1) is 14.9. The Bertz CT molecular complexity index is 1350. The molecule has 1 atom stereocenters. The summed E-state index contributed by atoms with van der Waals surface area (Å²) in [7, 11) is 1.58. The first kappa shape index (κ1) is 21.3. The Morgan fingerprint density at radius 1 is 1.29 bits per heavy atom. The van der Waals surface area contributed by atoms with Gasteiger partial charge in [-0.05, 0) is 59.6 Å². The van der Waals surface area contributed by atoms with Crippen LogP contribution in [0.2, 0.25) is 0 Å². The van der Waals surface area contributed by atoms with Gasteiger partial charge in [0.1, 0.15) is 11.5 Å². The number of esters is 1. The lowest BCUT2D eigenvalue weighted by Gasteiger charge is -2.24. The van der Waals surface area contributed by atoms with Gasteiger partial charge in [-0.2, -0.15) is 0 Å². The molecule has 0 bridgehead atoms. The molecule has 160 valence electrons. The third-order valence-electron chi connectivity index (χ3n) is 4.82. The first-order valence-corrected chi connectivity index (χ1v) is 11.1. The van der Waals surface area contributed by atoms with E-state index in [-0.39, 0.29) is 12.2 Å². The number of carbonyl (C=O) groups excluding carboxylic acids is 1. The third kappa shape index (κ3) is 4.03. The molecule has 3 aromatic rings. The molecule has 3 heterocycles. The molecule has 7 nitrogen and oxygen atoms in total. The number of thiazole rings is 1. The van der Waals surface area contributed by atoms with E-state index in [1.807, 2.05) is 12.1 Å². The molecule has 31 heavy (non-hydrogen) atoms. The van der Waals surface area contributed by atoms with E-state index in [1.165, 1.54) is 15.9 Å². The predicted molar refractivity (Wildman–Crippen MR) is 120 cm³/mol. The molecule has 1 aliphatic heterocycles. The van der Waals surface area contributed by atoms with Gasteiger partial charge >= 0.3 is 5.97 Å². The van der Waals surface area contributed by atoms with Crippen molar-refractivity contribution in [2.75, 3.05) is 13.7 Å². The lowest BCUT2D eigenvalue weighted by atomic mass is 9.96. The van der Waals surface area contributed by atoms with Gasteiger partial charge < -0.3 is 13.9 Å². The van der Waals surface area contributed by atoms with E-state index in [4.69, 9.17) is 13.9 Å². The van der Waals surface area contributed by atoms with Crippen molar-refractivity contribution in [3.8, 4) is 5.75 Å². The SMILES string of the molecule is CCOC(=O)C1=C(C)N=c2s/c(=C/c3ccc(Br)o3)c(=O)n2C1c1ccc(OC)cc1. The number of ether oxygens (including phenoxy) is 2. The van der Waals surface area contributed by atoms with Gasteiger partial charge in [0, 0.05) is 6.08 Å². The highest BCUT2D eigenvalue weighted by Crippen LogP contribution is 2.31. The number of hydrogen-bond acceptors (Lipinski definition) is 7. The average Bonchev–Trinajstić information content (AvgIpc) is 3.30. The summed E-state index contributed by atoms with van der Waals surface area (Å²) in [5.74, 6) is 0.728. The molecule has 0 amide bonds. The standard InChI is InChI=1S/C22H19BrN2O5S/c1-4-29-21(27)18-12(2)24-22-25(19(18)13-5-7-14(28-3)8-6-13)20(26)16(31-22)11-15-9-10-17(23)30-15/h5-11,19H,4H2,1-3H3/b16-11+. The van der Waals surface area contributed by atoms with Gasteiger partial charge in [-0.3, -0.25) is 9.36 Å². The van der Waals surface area contributed by atoms with Gasteiger partial charge in [-0.1, -0.05) is 23.5 Å². The summed E-state index contributed by atoms with van der Waals surface area (Å²) in [6.07, 6.45) is 1.67. The Labute approximate surface area is 190 Å². The number of halogens is 1. The van der Waals surface area contributed by atoms with E-state index >= 15 is 0 Å². The van der Waals surface area contributed by atoms with Crippen molar-refractivity contribution in [3.05, 3.63) is 83.3 Å². The van der Waals surface area contributed by atoms with E-state index in [0.717, 1.165) is 5.56 Å². The van der Waals surface area contributed by atoms with Crippen molar-refractivity contribution >= 4 is 39.3 Å². The smallest absolute Gasteiger partial charge is 0.338 e. The summed E-state index contributed by atoms with van der Waals surface area (Å²) in [5, 5.41) is 0. The van der Waals surface area contributed by atoms with Gasteiger partial charge in [-0.15, -0.1) is 0 Å². The van der Waals surface area contributed by atoms with Crippen LogP contribution in [0.4, 0.5) is 0 Å². The molecule has 0 N–H and O–H groups in total. The van der Waals surface area contributed by atoms with Crippen molar-refractivity contribution < 1.29 is 18.7 Å². The molecule has 0 saturated heterocycles. The molecule has 0 saturated carbocycles. The number of nitrogens with zero attached hydrogens (tertiary/aromatic N) is 2. The maximum atomic E-state index is 13.4. The van der Waals surface area contributed by atoms with E-state index in [2.05, 4.69) is 20.9 Å². The van der Waals surface area contributed by atoms with Crippen LogP contribution in [0.5, 0.6) is 5.75 Å². The topological polar surface area (TPSA) is 83.0 Å². The summed E-state index contributed by atoms with van der Waals surface area (Å²) in [6, 6.07) is 10.1. The van der Waals surface area contributed by atoms with Crippen LogP contribution in [0.3, 0.4) is 0 Å². The van der Waals surface area contributed by atoms with Crippen molar-refractivity contribution in [2.45, 2.75) is 19.9 Å². The summed E-state index contributed by atoms with van der Waals surface area (Å²) in [4.78, 5) is 31.3. The number of hydrogen-bond donors (Lipinski definition) is 0. The lowest BCUT2D eigenvalue weighted by molar-refractivity contribution is -0.139. The average molecular weight is 503 g/mol. The molecule has 9 heteroatoms. The number of carbonyl (C=O) groups is 1. The Kier molecular flexibility index (Phi) is 5.97. The quantitative estimate of drug-likeness (QED) is 0.500. The molecular formula is C22H19BrN2O5S. The third-order valence-corrected chi connectivity index (χ3v) is 6.23. The minimum absolute atomic E-state index is 0.225. The van der Waals surface area contributed by atoms with Crippen LogP contribution in [-0.4, -0.2) is 24.3 Å². The fourth-order valence-electron chi connectivity index (χ4n) is 3.43. The van der Waals surface area contributed by atoms with E-state index in [1.54, 1.807) is 51.3 Å². The van der Waals surface area contributed by atoms with Crippen molar-refractivity contribution in [1.29, 1.82) is 0 Å². The normalized spacial score (nSPS) is 16.1. The van der Waals surface area contributed by atoms with Crippen molar-refractivity contribution in [2.24, 2.45) is 4.99 Å². The lowest BCUT2D eigenvalue weighted by Crippen LogP contribution is -2.39. The Balaban J connectivity index is 1.94. The van der Waals surface area contributed by atoms with Crippen LogP contribution in [-0.2, 0) is 9.53 Å². The van der Waals surface area contributed by atoms with Gasteiger partial charge in [0.15, 0.2) is 9.47 Å². The van der Waals surface area contributed by atoms with Crippen LogP contribution in [0.1, 0.15) is 31.2 Å². The molecule has 0 aliphatic carbocycles. The van der Waals surface area contributed by atoms with Crippen LogP contribution < -0.4 is 19.6 Å². The van der Waals surface area contributed by atoms with Gasteiger partial charge in [0.25, 0.3) is 5.56 Å². The first-order valence-electron chi connectivity index (χ1n) is 9.52. The Morgan fingerprint density at radius 2 is 2.03 bits per heavy atom. The maximum Gasteiger partial charge on any atom is 0.338 e. The monoisotopic (exact) mass is 502 g/mol. The zero-order valence-corrected chi connectivity index (χ0v) is 19.5. The van der Waals surface area contributed by atoms with E-state index in [0.29, 0.717) is 36.8 Å². The van der Waals surface area contributed by atoms with E-state index in [9.17, 15) is 9.59 Å². The van der Waals surface area contributed by atoms with Gasteiger partial charge in [0.2, 0.25) is 0 Å². The van der Waals surface area contributed by atoms with Crippen LogP contribution in [0.25, 0.3) is 6.08 Å². The highest BCUT2D eigenvalue weighted by atomic mass is 79.9. The predicted octanol–water partition coefficient (Wildman–Crippen LogP) is 3.16.